The molecule has 3 heteroatoms. The van der Waals surface area contributed by atoms with Gasteiger partial charge in [-0.2, -0.15) is 0 Å². The Morgan fingerprint density at radius 2 is 1.24 bits per heavy atom. The molecule has 2 N–H and O–H groups in total. The zero-order valence-corrected chi connectivity index (χ0v) is 21.5. The van der Waals surface area contributed by atoms with Gasteiger partial charge in [-0.05, 0) is 32.6 Å². The van der Waals surface area contributed by atoms with Crippen molar-refractivity contribution in [3.63, 3.8) is 0 Å². The summed E-state index contributed by atoms with van der Waals surface area (Å²) in [7, 11) is 0. The minimum absolute atomic E-state index is 0.153. The Hall–Kier alpha value is -2.13. The molecule has 0 atom stereocenters. The van der Waals surface area contributed by atoms with Crippen LogP contribution in [0.4, 0.5) is 0 Å². The smallest absolute Gasteiger partial charge is 0.244 e. The normalized spacial score (nSPS) is 13.2. The first-order valence-corrected chi connectivity index (χ1v) is 13.0. The third kappa shape index (κ3) is 21.5. The number of amides is 1. The molecule has 0 bridgehead atoms. The maximum atomic E-state index is 12.2. The molecule has 0 aliphatic carbocycles. The predicted octanol–water partition coefficient (Wildman–Crippen LogP) is 7.91. The second-order valence-electron chi connectivity index (χ2n) is 8.65. The largest absolute Gasteiger partial charge is 0.388 e. The molecule has 0 heterocycles. The van der Waals surface area contributed by atoms with Crippen LogP contribution in [0.2, 0.25) is 0 Å². The third-order valence-electron chi connectivity index (χ3n) is 5.46. The molecular weight excluding hydrogens is 406 g/mol. The lowest BCUT2D eigenvalue weighted by atomic mass is 9.89. The quantitative estimate of drug-likeness (QED) is 0.111. The van der Waals surface area contributed by atoms with Crippen LogP contribution >= 0.6 is 0 Å². The van der Waals surface area contributed by atoms with E-state index in [1.54, 1.807) is 6.08 Å². The Morgan fingerprint density at radius 3 is 1.76 bits per heavy atom. The minimum atomic E-state index is -0.791. The van der Waals surface area contributed by atoms with Gasteiger partial charge in [0.2, 0.25) is 5.91 Å². The van der Waals surface area contributed by atoms with Crippen LogP contribution in [0.5, 0.6) is 0 Å². The Morgan fingerprint density at radius 1 is 0.727 bits per heavy atom. The monoisotopic (exact) mass is 455 g/mol. The van der Waals surface area contributed by atoms with Gasteiger partial charge >= 0.3 is 0 Å². The summed E-state index contributed by atoms with van der Waals surface area (Å²) < 4.78 is 0. The van der Waals surface area contributed by atoms with Crippen molar-refractivity contribution < 1.29 is 9.90 Å². The van der Waals surface area contributed by atoms with E-state index in [4.69, 9.17) is 0 Å². The SMILES string of the molecule is CC=CC=CC=CCCC=CC=CC=CC(=O)NCC(O)(CCCCCC)CCCCCC. The number of nitrogens with one attached hydrogen (secondary N) is 1. The summed E-state index contributed by atoms with van der Waals surface area (Å²) in [5.41, 5.74) is -0.791. The topological polar surface area (TPSA) is 49.3 Å². The number of carbonyl (C=O) groups is 1. The summed E-state index contributed by atoms with van der Waals surface area (Å²) in [6.07, 6.45) is 36.0. The average molecular weight is 456 g/mol. The van der Waals surface area contributed by atoms with Crippen molar-refractivity contribution in [1.82, 2.24) is 5.32 Å². The van der Waals surface area contributed by atoms with Crippen LogP contribution in [0.25, 0.3) is 0 Å². The first-order chi connectivity index (χ1) is 16.1. The third-order valence-corrected chi connectivity index (χ3v) is 5.46. The first-order valence-electron chi connectivity index (χ1n) is 13.0. The summed E-state index contributed by atoms with van der Waals surface area (Å²) in [5.74, 6) is -0.153. The van der Waals surface area contributed by atoms with Crippen LogP contribution in [0.3, 0.4) is 0 Å². The lowest BCUT2D eigenvalue weighted by Gasteiger charge is -2.28. The van der Waals surface area contributed by atoms with E-state index < -0.39 is 5.60 Å². The van der Waals surface area contributed by atoms with E-state index in [2.05, 4.69) is 37.4 Å². The average Bonchev–Trinajstić information content (AvgIpc) is 2.81. The molecule has 0 spiro atoms. The van der Waals surface area contributed by atoms with Crippen LogP contribution in [-0.4, -0.2) is 23.2 Å². The van der Waals surface area contributed by atoms with Crippen LogP contribution in [0.15, 0.2) is 72.9 Å². The Balaban J connectivity index is 4.29. The van der Waals surface area contributed by atoms with Crippen molar-refractivity contribution >= 4 is 5.91 Å². The molecule has 0 aromatic carbocycles. The Kier molecular flexibility index (Phi) is 21.6. The van der Waals surface area contributed by atoms with Gasteiger partial charge in [0, 0.05) is 12.6 Å². The lowest BCUT2D eigenvalue weighted by Crippen LogP contribution is -2.42. The highest BCUT2D eigenvalue weighted by Gasteiger charge is 2.26. The van der Waals surface area contributed by atoms with E-state index in [0.717, 1.165) is 51.4 Å². The molecule has 0 rings (SSSR count). The minimum Gasteiger partial charge on any atom is -0.388 e. The number of hydrogen-bond donors (Lipinski definition) is 2. The van der Waals surface area contributed by atoms with E-state index in [-0.39, 0.29) is 5.91 Å². The first kappa shape index (κ1) is 30.9. The maximum Gasteiger partial charge on any atom is 0.244 e. The molecule has 0 aliphatic rings. The molecule has 0 radical (unpaired) electrons. The standard InChI is InChI=1S/C30H49NO2/c1-4-7-10-13-14-15-16-17-18-19-20-21-22-25-29(32)31-28-30(33,26-23-11-8-5-2)27-24-12-9-6-3/h4,7,10,13-15,18-22,25,33H,5-6,8-9,11-12,16-17,23-24,26-28H2,1-3H3,(H,31,32). The van der Waals surface area contributed by atoms with Crippen LogP contribution in [0.1, 0.15) is 97.8 Å². The van der Waals surface area contributed by atoms with Crippen molar-refractivity contribution in [2.45, 2.75) is 103 Å². The van der Waals surface area contributed by atoms with Gasteiger partial charge < -0.3 is 10.4 Å². The van der Waals surface area contributed by atoms with Gasteiger partial charge in [0.05, 0.1) is 5.60 Å². The summed E-state index contributed by atoms with van der Waals surface area (Å²) in [5, 5.41) is 14.0. The fraction of sp³-hybridized carbons (Fsp3) is 0.567. The highest BCUT2D eigenvalue weighted by molar-refractivity contribution is 5.87. The van der Waals surface area contributed by atoms with Crippen molar-refractivity contribution in [1.29, 1.82) is 0 Å². The van der Waals surface area contributed by atoms with Crippen LogP contribution in [-0.2, 0) is 4.79 Å². The van der Waals surface area contributed by atoms with E-state index in [1.807, 2.05) is 49.5 Å². The fourth-order valence-electron chi connectivity index (χ4n) is 3.43. The summed E-state index contributed by atoms with van der Waals surface area (Å²) in [4.78, 5) is 12.2. The summed E-state index contributed by atoms with van der Waals surface area (Å²) in [6.45, 7) is 6.71. The van der Waals surface area contributed by atoms with Gasteiger partial charge in [0.1, 0.15) is 0 Å². The Labute approximate surface area is 204 Å². The molecule has 0 saturated heterocycles. The van der Waals surface area contributed by atoms with Crippen molar-refractivity contribution in [3.8, 4) is 0 Å². The van der Waals surface area contributed by atoms with Crippen molar-refractivity contribution in [2.75, 3.05) is 6.54 Å². The second-order valence-corrected chi connectivity index (χ2v) is 8.65. The van der Waals surface area contributed by atoms with Crippen LogP contribution < -0.4 is 5.32 Å². The van der Waals surface area contributed by atoms with Gasteiger partial charge in [0.15, 0.2) is 0 Å². The summed E-state index contributed by atoms with van der Waals surface area (Å²) >= 11 is 0. The molecule has 1 amide bonds. The molecule has 0 fully saturated rings. The zero-order valence-electron chi connectivity index (χ0n) is 21.5. The highest BCUT2D eigenvalue weighted by atomic mass is 16.3. The number of aliphatic hydroxyl groups is 1. The highest BCUT2D eigenvalue weighted by Crippen LogP contribution is 2.22. The summed E-state index contributed by atoms with van der Waals surface area (Å²) in [6, 6.07) is 0. The van der Waals surface area contributed by atoms with E-state index >= 15 is 0 Å². The van der Waals surface area contributed by atoms with Crippen molar-refractivity contribution in [3.05, 3.63) is 72.9 Å². The molecule has 0 aromatic heterocycles. The number of allylic oxidation sites excluding steroid dienone is 11. The zero-order chi connectivity index (χ0) is 24.5. The second kappa shape index (κ2) is 23.0. The number of rotatable bonds is 20. The number of carbonyl (C=O) groups excluding carboxylic acids is 1. The van der Waals surface area contributed by atoms with Crippen molar-refractivity contribution in [2.24, 2.45) is 0 Å². The van der Waals surface area contributed by atoms with Crippen LogP contribution in [0, 0.1) is 0 Å². The molecule has 0 unspecified atom stereocenters. The van der Waals surface area contributed by atoms with Gasteiger partial charge in [-0.15, -0.1) is 0 Å². The van der Waals surface area contributed by atoms with E-state index in [1.165, 1.54) is 31.8 Å². The Bertz CT molecular complexity index is 626. The molecular formula is C30H49NO2. The fourth-order valence-corrected chi connectivity index (χ4v) is 3.43. The van der Waals surface area contributed by atoms with E-state index in [0.29, 0.717) is 6.54 Å². The molecule has 33 heavy (non-hydrogen) atoms. The van der Waals surface area contributed by atoms with Gasteiger partial charge in [-0.1, -0.05) is 132 Å². The lowest BCUT2D eigenvalue weighted by molar-refractivity contribution is -0.118. The van der Waals surface area contributed by atoms with Gasteiger partial charge in [-0.25, -0.2) is 0 Å². The predicted molar refractivity (Wildman–Crippen MR) is 145 cm³/mol. The maximum absolute atomic E-state index is 12.2. The van der Waals surface area contributed by atoms with Gasteiger partial charge in [0.25, 0.3) is 0 Å². The van der Waals surface area contributed by atoms with Gasteiger partial charge in [-0.3, -0.25) is 4.79 Å². The molecule has 186 valence electrons. The number of unbranched alkanes of at least 4 members (excludes halogenated alkanes) is 7. The molecule has 0 aliphatic heterocycles. The molecule has 0 saturated carbocycles. The molecule has 0 aromatic rings. The number of hydrogen-bond acceptors (Lipinski definition) is 2. The molecule has 3 nitrogen and oxygen atoms in total. The van der Waals surface area contributed by atoms with E-state index in [9.17, 15) is 9.90 Å².